The molecule has 1 fully saturated rings. The Morgan fingerprint density at radius 3 is 2.85 bits per heavy atom. The number of nitrogens with zero attached hydrogens (tertiary/aromatic N) is 4. The first-order valence-corrected chi connectivity index (χ1v) is 9.24. The molecule has 144 valence electrons. The third-order valence-corrected chi connectivity index (χ3v) is 4.16. The number of carbonyl (C=O) groups excluding carboxylic acids is 1. The number of anilines is 1. The standard InChI is InChI=1S/C19H25N5O3/c1-15-22-17(24-9-3-2-4-10-24)12-19(23-15)26-11-8-21-18(25)14-27-16-6-5-7-20-13-16/h5-7,12-13H,2-4,8-11,14H2,1H3,(H,21,25). The monoisotopic (exact) mass is 371 g/mol. The molecule has 0 saturated carbocycles. The fraction of sp³-hybridized carbons (Fsp3) is 0.474. The van der Waals surface area contributed by atoms with Crippen LogP contribution in [0.1, 0.15) is 25.1 Å². The van der Waals surface area contributed by atoms with Gasteiger partial charge in [0.2, 0.25) is 5.88 Å². The van der Waals surface area contributed by atoms with Gasteiger partial charge in [0.15, 0.2) is 6.61 Å². The average molecular weight is 371 g/mol. The lowest BCUT2D eigenvalue weighted by atomic mass is 10.1. The smallest absolute Gasteiger partial charge is 0.258 e. The quantitative estimate of drug-likeness (QED) is 0.707. The highest BCUT2D eigenvalue weighted by molar-refractivity contribution is 5.77. The normalized spacial score (nSPS) is 13.9. The van der Waals surface area contributed by atoms with Crippen molar-refractivity contribution in [2.75, 3.05) is 37.7 Å². The summed E-state index contributed by atoms with van der Waals surface area (Å²) in [6, 6.07) is 5.37. The number of ether oxygens (including phenoxy) is 2. The molecule has 1 N–H and O–H groups in total. The predicted octanol–water partition coefficient (Wildman–Crippen LogP) is 1.74. The zero-order valence-corrected chi connectivity index (χ0v) is 15.6. The second-order valence-electron chi connectivity index (χ2n) is 6.34. The van der Waals surface area contributed by atoms with Gasteiger partial charge in [-0.1, -0.05) is 0 Å². The minimum Gasteiger partial charge on any atom is -0.482 e. The van der Waals surface area contributed by atoms with Gasteiger partial charge in [0.25, 0.3) is 5.91 Å². The van der Waals surface area contributed by atoms with Crippen molar-refractivity contribution in [2.45, 2.75) is 26.2 Å². The first kappa shape index (κ1) is 18.9. The molecule has 8 nitrogen and oxygen atoms in total. The van der Waals surface area contributed by atoms with Crippen molar-refractivity contribution in [3.8, 4) is 11.6 Å². The molecular weight excluding hydrogens is 346 g/mol. The van der Waals surface area contributed by atoms with E-state index in [0.29, 0.717) is 30.6 Å². The molecule has 0 atom stereocenters. The van der Waals surface area contributed by atoms with Crippen LogP contribution in [0.3, 0.4) is 0 Å². The van der Waals surface area contributed by atoms with Gasteiger partial charge in [-0.15, -0.1) is 0 Å². The lowest BCUT2D eigenvalue weighted by Crippen LogP contribution is -2.32. The molecule has 0 bridgehead atoms. The number of carbonyl (C=O) groups is 1. The minimum atomic E-state index is -0.213. The highest BCUT2D eigenvalue weighted by atomic mass is 16.5. The summed E-state index contributed by atoms with van der Waals surface area (Å²) in [5.74, 6) is 2.47. The van der Waals surface area contributed by atoms with E-state index in [1.807, 2.05) is 13.0 Å². The molecule has 3 rings (SSSR count). The van der Waals surface area contributed by atoms with Crippen LogP contribution in [0.25, 0.3) is 0 Å². The van der Waals surface area contributed by atoms with E-state index >= 15 is 0 Å². The summed E-state index contributed by atoms with van der Waals surface area (Å²) >= 11 is 0. The predicted molar refractivity (Wildman–Crippen MR) is 101 cm³/mol. The first-order valence-electron chi connectivity index (χ1n) is 9.24. The van der Waals surface area contributed by atoms with E-state index in [-0.39, 0.29) is 12.5 Å². The van der Waals surface area contributed by atoms with Crippen LogP contribution in [-0.4, -0.2) is 53.7 Å². The number of nitrogens with one attached hydrogen (secondary N) is 1. The fourth-order valence-electron chi connectivity index (χ4n) is 2.86. The van der Waals surface area contributed by atoms with E-state index in [1.165, 1.54) is 19.3 Å². The Morgan fingerprint density at radius 2 is 2.07 bits per heavy atom. The Labute approximate surface area is 158 Å². The Kier molecular flexibility index (Phi) is 6.78. The van der Waals surface area contributed by atoms with Crippen molar-refractivity contribution >= 4 is 11.7 Å². The van der Waals surface area contributed by atoms with Crippen LogP contribution in [0.4, 0.5) is 5.82 Å². The third kappa shape index (κ3) is 6.09. The molecule has 8 heteroatoms. The zero-order chi connectivity index (χ0) is 18.9. The maximum atomic E-state index is 11.8. The maximum absolute atomic E-state index is 11.8. The van der Waals surface area contributed by atoms with Gasteiger partial charge in [-0.2, -0.15) is 4.98 Å². The molecular formula is C19H25N5O3. The van der Waals surface area contributed by atoms with Gasteiger partial charge in [0.1, 0.15) is 24.0 Å². The summed E-state index contributed by atoms with van der Waals surface area (Å²) in [6.45, 7) is 4.53. The van der Waals surface area contributed by atoms with Gasteiger partial charge in [-0.25, -0.2) is 4.98 Å². The highest BCUT2D eigenvalue weighted by Gasteiger charge is 2.14. The topological polar surface area (TPSA) is 89.5 Å². The van der Waals surface area contributed by atoms with E-state index in [1.54, 1.807) is 24.5 Å². The molecule has 3 heterocycles. The van der Waals surface area contributed by atoms with E-state index in [0.717, 1.165) is 18.9 Å². The van der Waals surface area contributed by atoms with E-state index in [2.05, 4.69) is 25.2 Å². The van der Waals surface area contributed by atoms with Crippen LogP contribution in [0.5, 0.6) is 11.6 Å². The summed E-state index contributed by atoms with van der Waals surface area (Å²) in [5, 5.41) is 2.75. The Morgan fingerprint density at radius 1 is 1.22 bits per heavy atom. The molecule has 1 saturated heterocycles. The van der Waals surface area contributed by atoms with Crippen LogP contribution >= 0.6 is 0 Å². The summed E-state index contributed by atoms with van der Waals surface area (Å²) < 4.78 is 11.0. The van der Waals surface area contributed by atoms with E-state index < -0.39 is 0 Å². The third-order valence-electron chi connectivity index (χ3n) is 4.16. The van der Waals surface area contributed by atoms with Crippen molar-refractivity contribution in [3.05, 3.63) is 36.4 Å². The fourth-order valence-corrected chi connectivity index (χ4v) is 2.86. The van der Waals surface area contributed by atoms with Crippen LogP contribution in [0.2, 0.25) is 0 Å². The number of amides is 1. The zero-order valence-electron chi connectivity index (χ0n) is 15.6. The number of aryl methyl sites for hydroxylation is 1. The van der Waals surface area contributed by atoms with E-state index in [4.69, 9.17) is 9.47 Å². The van der Waals surface area contributed by atoms with Crippen LogP contribution in [0, 0.1) is 6.92 Å². The van der Waals surface area contributed by atoms with Gasteiger partial charge < -0.3 is 19.7 Å². The van der Waals surface area contributed by atoms with Crippen molar-refractivity contribution < 1.29 is 14.3 Å². The van der Waals surface area contributed by atoms with Crippen molar-refractivity contribution in [1.29, 1.82) is 0 Å². The van der Waals surface area contributed by atoms with Gasteiger partial charge in [-0.05, 0) is 38.3 Å². The number of aromatic nitrogens is 3. The lowest BCUT2D eigenvalue weighted by Gasteiger charge is -2.28. The number of hydrogen-bond acceptors (Lipinski definition) is 7. The Hall–Kier alpha value is -2.90. The molecule has 0 aromatic carbocycles. The lowest BCUT2D eigenvalue weighted by molar-refractivity contribution is -0.123. The second-order valence-corrected chi connectivity index (χ2v) is 6.34. The molecule has 2 aromatic heterocycles. The largest absolute Gasteiger partial charge is 0.482 e. The number of rotatable bonds is 8. The molecule has 1 amide bonds. The van der Waals surface area contributed by atoms with Crippen molar-refractivity contribution in [1.82, 2.24) is 20.3 Å². The summed E-state index contributed by atoms with van der Waals surface area (Å²) in [6.07, 6.45) is 6.86. The first-order chi connectivity index (χ1) is 13.2. The molecule has 0 radical (unpaired) electrons. The summed E-state index contributed by atoms with van der Waals surface area (Å²) in [5.41, 5.74) is 0. The van der Waals surface area contributed by atoms with Gasteiger partial charge in [-0.3, -0.25) is 9.78 Å². The maximum Gasteiger partial charge on any atom is 0.258 e. The summed E-state index contributed by atoms with van der Waals surface area (Å²) in [7, 11) is 0. The number of hydrogen-bond donors (Lipinski definition) is 1. The van der Waals surface area contributed by atoms with Crippen molar-refractivity contribution in [2.24, 2.45) is 0 Å². The minimum absolute atomic E-state index is 0.0581. The summed E-state index contributed by atoms with van der Waals surface area (Å²) in [4.78, 5) is 26.8. The van der Waals surface area contributed by atoms with Crippen LogP contribution in [-0.2, 0) is 4.79 Å². The van der Waals surface area contributed by atoms with Crippen LogP contribution < -0.4 is 19.7 Å². The van der Waals surface area contributed by atoms with Gasteiger partial charge in [0, 0.05) is 25.4 Å². The number of piperidine rings is 1. The molecule has 2 aromatic rings. The average Bonchev–Trinajstić information content (AvgIpc) is 2.71. The van der Waals surface area contributed by atoms with Gasteiger partial charge >= 0.3 is 0 Å². The molecule has 1 aliphatic rings. The SMILES string of the molecule is Cc1nc(OCCNC(=O)COc2cccnc2)cc(N2CCCCC2)n1. The van der Waals surface area contributed by atoms with Gasteiger partial charge in [0.05, 0.1) is 12.7 Å². The number of pyridine rings is 1. The molecule has 27 heavy (non-hydrogen) atoms. The molecule has 0 spiro atoms. The van der Waals surface area contributed by atoms with Crippen LogP contribution in [0.15, 0.2) is 30.6 Å². The Bertz CT molecular complexity index is 735. The molecule has 1 aliphatic heterocycles. The van der Waals surface area contributed by atoms with Crippen molar-refractivity contribution in [3.63, 3.8) is 0 Å². The second kappa shape index (κ2) is 9.70. The molecule has 0 unspecified atom stereocenters. The van der Waals surface area contributed by atoms with E-state index in [9.17, 15) is 4.79 Å². The highest BCUT2D eigenvalue weighted by Crippen LogP contribution is 2.21. The Balaban J connectivity index is 1.40. The molecule has 0 aliphatic carbocycles.